The quantitative estimate of drug-likeness (QED) is 0.685. The van der Waals surface area contributed by atoms with Crippen molar-refractivity contribution >= 4 is 5.78 Å². The van der Waals surface area contributed by atoms with Gasteiger partial charge in [-0.3, -0.25) is 9.59 Å². The first kappa shape index (κ1) is 10.3. The fraction of sp³-hybridized carbons (Fsp3) is 0.385. The number of ether oxygens (including phenoxy) is 1. The van der Waals surface area contributed by atoms with Gasteiger partial charge >= 0.3 is 0 Å². The van der Waals surface area contributed by atoms with Crippen LogP contribution in [0.5, 0.6) is 5.75 Å². The zero-order chi connectivity index (χ0) is 12.0. The number of carbonyl (C=O) groups excluding carboxylic acids is 1. The van der Waals surface area contributed by atoms with Gasteiger partial charge in [-0.25, -0.2) is 0 Å². The summed E-state index contributed by atoms with van der Waals surface area (Å²) in [4.78, 5) is 23.5. The lowest BCUT2D eigenvalue weighted by atomic mass is 9.91. The van der Waals surface area contributed by atoms with Gasteiger partial charge in [0.2, 0.25) is 11.2 Å². The molecule has 0 aromatic carbocycles. The minimum Gasteiger partial charge on any atom is -0.462 e. The van der Waals surface area contributed by atoms with Crippen LogP contribution < -0.4 is 10.2 Å². The monoisotopic (exact) mass is 232 g/mol. The van der Waals surface area contributed by atoms with Crippen LogP contribution in [0.25, 0.3) is 0 Å². The molecule has 0 fully saturated rings. The molecule has 2 heterocycles. The molecular weight excluding hydrogens is 220 g/mol. The fourth-order valence-electron chi connectivity index (χ4n) is 2.34. The second-order valence-electron chi connectivity index (χ2n) is 4.43. The van der Waals surface area contributed by atoms with Crippen LogP contribution in [0.2, 0.25) is 0 Å². The van der Waals surface area contributed by atoms with Crippen molar-refractivity contribution in [2.24, 2.45) is 0 Å². The van der Waals surface area contributed by atoms with Crippen LogP contribution in [-0.2, 0) is 11.2 Å². The molecule has 1 aliphatic carbocycles. The molecule has 3 rings (SSSR count). The summed E-state index contributed by atoms with van der Waals surface area (Å²) in [6.07, 6.45) is 2.48. The molecule has 1 aromatic rings. The standard InChI is InChI=1S/C13H12O4/c1-7-5-10(15)13-12(16-7)6-8-9(14)3-2-4-11(8)17-13/h5H,2-4,6H2,1H3. The van der Waals surface area contributed by atoms with E-state index < -0.39 is 0 Å². The number of fused-ring (bicyclic) bond motifs is 1. The number of Topliss-reactive ketones (excluding diaryl/α,β-unsaturated/α-hetero) is 1. The summed E-state index contributed by atoms with van der Waals surface area (Å²) in [5.41, 5.74) is 0.505. The SMILES string of the molecule is Cc1cc(=O)c2c(o1)CC1=C(CCCC1=O)O2. The maximum Gasteiger partial charge on any atom is 0.227 e. The molecule has 4 nitrogen and oxygen atoms in total. The molecule has 0 unspecified atom stereocenters. The molecule has 4 heteroatoms. The van der Waals surface area contributed by atoms with Crippen LogP contribution in [0.1, 0.15) is 30.8 Å². The van der Waals surface area contributed by atoms with Crippen molar-refractivity contribution in [2.45, 2.75) is 32.6 Å². The Morgan fingerprint density at radius 2 is 2.06 bits per heavy atom. The number of hydrogen-bond donors (Lipinski definition) is 0. The predicted molar refractivity (Wildman–Crippen MR) is 59.9 cm³/mol. The molecule has 0 amide bonds. The van der Waals surface area contributed by atoms with Gasteiger partial charge in [0.1, 0.15) is 11.5 Å². The summed E-state index contributed by atoms with van der Waals surface area (Å²) in [5, 5.41) is 0. The minimum absolute atomic E-state index is 0.112. The summed E-state index contributed by atoms with van der Waals surface area (Å²) in [6.45, 7) is 1.72. The maximum absolute atomic E-state index is 11.8. The molecule has 17 heavy (non-hydrogen) atoms. The van der Waals surface area contributed by atoms with Crippen molar-refractivity contribution in [3.05, 3.63) is 39.1 Å². The third kappa shape index (κ3) is 1.60. The van der Waals surface area contributed by atoms with Crippen LogP contribution in [0.3, 0.4) is 0 Å². The molecule has 0 spiro atoms. The van der Waals surface area contributed by atoms with E-state index in [2.05, 4.69) is 0 Å². The largest absolute Gasteiger partial charge is 0.462 e. The van der Waals surface area contributed by atoms with E-state index in [-0.39, 0.29) is 17.0 Å². The van der Waals surface area contributed by atoms with E-state index in [1.807, 2.05) is 0 Å². The van der Waals surface area contributed by atoms with Gasteiger partial charge in [0, 0.05) is 30.9 Å². The van der Waals surface area contributed by atoms with Crippen LogP contribution >= 0.6 is 0 Å². The van der Waals surface area contributed by atoms with Crippen molar-refractivity contribution < 1.29 is 13.9 Å². The Hall–Kier alpha value is -1.84. The molecule has 1 aliphatic heterocycles. The Kier molecular flexibility index (Phi) is 2.18. The lowest BCUT2D eigenvalue weighted by Gasteiger charge is -2.24. The smallest absolute Gasteiger partial charge is 0.227 e. The molecule has 0 saturated heterocycles. The molecule has 2 aliphatic rings. The summed E-state index contributed by atoms with van der Waals surface area (Å²) in [7, 11) is 0. The van der Waals surface area contributed by atoms with Gasteiger partial charge < -0.3 is 9.15 Å². The van der Waals surface area contributed by atoms with E-state index in [4.69, 9.17) is 9.15 Å². The highest BCUT2D eigenvalue weighted by Crippen LogP contribution is 2.33. The third-order valence-corrected chi connectivity index (χ3v) is 3.14. The molecule has 0 saturated carbocycles. The van der Waals surface area contributed by atoms with Gasteiger partial charge in [-0.05, 0) is 13.3 Å². The van der Waals surface area contributed by atoms with Crippen molar-refractivity contribution in [1.82, 2.24) is 0 Å². The first-order valence-electron chi connectivity index (χ1n) is 5.72. The van der Waals surface area contributed by atoms with E-state index in [0.717, 1.165) is 12.8 Å². The zero-order valence-corrected chi connectivity index (χ0v) is 9.54. The molecule has 0 atom stereocenters. The van der Waals surface area contributed by atoms with Crippen LogP contribution in [0.15, 0.2) is 26.6 Å². The van der Waals surface area contributed by atoms with E-state index in [1.54, 1.807) is 6.92 Å². The van der Waals surface area contributed by atoms with Gasteiger partial charge in [-0.1, -0.05) is 0 Å². The molecule has 0 radical (unpaired) electrons. The normalized spacial score (nSPS) is 18.5. The lowest BCUT2D eigenvalue weighted by Crippen LogP contribution is -2.24. The van der Waals surface area contributed by atoms with E-state index in [1.165, 1.54) is 6.07 Å². The van der Waals surface area contributed by atoms with Gasteiger partial charge in [-0.15, -0.1) is 0 Å². The highest BCUT2D eigenvalue weighted by atomic mass is 16.5. The lowest BCUT2D eigenvalue weighted by molar-refractivity contribution is -0.116. The second kappa shape index (κ2) is 3.58. The van der Waals surface area contributed by atoms with Crippen molar-refractivity contribution in [2.75, 3.05) is 0 Å². The Labute approximate surface area is 97.9 Å². The molecule has 0 N–H and O–H groups in total. The highest BCUT2D eigenvalue weighted by Gasteiger charge is 2.30. The van der Waals surface area contributed by atoms with Gasteiger partial charge in [0.25, 0.3) is 0 Å². The zero-order valence-electron chi connectivity index (χ0n) is 9.54. The number of allylic oxidation sites excluding steroid dienone is 2. The number of hydrogen-bond acceptors (Lipinski definition) is 4. The molecule has 1 aromatic heterocycles. The van der Waals surface area contributed by atoms with E-state index in [0.29, 0.717) is 35.7 Å². The highest BCUT2D eigenvalue weighted by molar-refractivity contribution is 5.97. The molecular formula is C13H12O4. The topological polar surface area (TPSA) is 56.5 Å². The third-order valence-electron chi connectivity index (χ3n) is 3.14. The van der Waals surface area contributed by atoms with Crippen molar-refractivity contribution in [1.29, 1.82) is 0 Å². The number of ketones is 1. The first-order chi connectivity index (χ1) is 8.15. The Morgan fingerprint density at radius 1 is 1.24 bits per heavy atom. The van der Waals surface area contributed by atoms with Crippen molar-refractivity contribution in [3.63, 3.8) is 0 Å². The second-order valence-corrected chi connectivity index (χ2v) is 4.43. The van der Waals surface area contributed by atoms with Crippen molar-refractivity contribution in [3.8, 4) is 5.75 Å². The van der Waals surface area contributed by atoms with Crippen LogP contribution in [-0.4, -0.2) is 5.78 Å². The number of carbonyl (C=O) groups is 1. The molecule has 0 bridgehead atoms. The van der Waals surface area contributed by atoms with Crippen LogP contribution in [0.4, 0.5) is 0 Å². The average Bonchev–Trinajstić information content (AvgIpc) is 2.28. The Balaban J connectivity index is 2.12. The summed E-state index contributed by atoms with van der Waals surface area (Å²) < 4.78 is 11.0. The molecule has 88 valence electrons. The predicted octanol–water partition coefficient (Wildman–Crippen LogP) is 1.89. The van der Waals surface area contributed by atoms with Crippen LogP contribution in [0, 0.1) is 6.92 Å². The summed E-state index contributed by atoms with van der Waals surface area (Å²) >= 11 is 0. The summed E-state index contributed by atoms with van der Waals surface area (Å²) in [6, 6.07) is 1.41. The Bertz CT molecular complexity index is 592. The first-order valence-corrected chi connectivity index (χ1v) is 5.72. The van der Waals surface area contributed by atoms with Gasteiger partial charge in [0.15, 0.2) is 11.5 Å². The van der Waals surface area contributed by atoms with E-state index in [9.17, 15) is 9.59 Å². The fourth-order valence-corrected chi connectivity index (χ4v) is 2.34. The average molecular weight is 232 g/mol. The van der Waals surface area contributed by atoms with Gasteiger partial charge in [-0.2, -0.15) is 0 Å². The maximum atomic E-state index is 11.8. The minimum atomic E-state index is -0.173. The Morgan fingerprint density at radius 3 is 2.88 bits per heavy atom. The van der Waals surface area contributed by atoms with Gasteiger partial charge in [0.05, 0.1) is 0 Å². The van der Waals surface area contributed by atoms with E-state index >= 15 is 0 Å². The summed E-state index contributed by atoms with van der Waals surface area (Å²) in [5.74, 6) is 2.05. The number of aryl methyl sites for hydroxylation is 1. The number of rotatable bonds is 0.